The lowest BCUT2D eigenvalue weighted by Gasteiger charge is -2.36. The van der Waals surface area contributed by atoms with E-state index in [1.807, 2.05) is 10.6 Å². The Labute approximate surface area is 158 Å². The van der Waals surface area contributed by atoms with E-state index in [-0.39, 0.29) is 29.6 Å². The van der Waals surface area contributed by atoms with E-state index in [0.717, 1.165) is 37.2 Å². The molecular weight excluding hydrogens is 346 g/mol. The molecule has 2 unspecified atom stereocenters. The van der Waals surface area contributed by atoms with Gasteiger partial charge in [0.25, 0.3) is 11.8 Å². The highest BCUT2D eigenvalue weighted by molar-refractivity contribution is 5.98. The first-order valence-electron chi connectivity index (χ1n) is 9.42. The normalized spacial score (nSPS) is 27.4. The van der Waals surface area contributed by atoms with Crippen LogP contribution in [-0.2, 0) is 9.53 Å². The van der Waals surface area contributed by atoms with Crippen LogP contribution < -0.4 is 5.32 Å². The first kappa shape index (κ1) is 17.9. The number of ether oxygens (including phenoxy) is 1. The van der Waals surface area contributed by atoms with Gasteiger partial charge in [-0.3, -0.25) is 14.2 Å². The summed E-state index contributed by atoms with van der Waals surface area (Å²) in [5, 5.41) is 11.4. The van der Waals surface area contributed by atoms with E-state index in [1.165, 1.54) is 18.4 Å². The molecule has 0 aromatic carbocycles. The predicted octanol–water partition coefficient (Wildman–Crippen LogP) is 1.32. The van der Waals surface area contributed by atoms with Gasteiger partial charge in [-0.2, -0.15) is 0 Å². The molecule has 8 nitrogen and oxygen atoms in total. The molecule has 0 spiro atoms. The molecule has 0 saturated heterocycles. The van der Waals surface area contributed by atoms with Crippen LogP contribution in [0.2, 0.25) is 0 Å². The maximum absolute atomic E-state index is 12.8. The fraction of sp³-hybridized carbons (Fsp3) is 0.579. The zero-order valence-electron chi connectivity index (χ0n) is 15.9. The molecule has 8 heteroatoms. The second-order valence-electron chi connectivity index (χ2n) is 7.63. The molecule has 27 heavy (non-hydrogen) atoms. The van der Waals surface area contributed by atoms with Crippen LogP contribution in [0.3, 0.4) is 0 Å². The van der Waals surface area contributed by atoms with E-state index in [1.54, 1.807) is 26.2 Å². The van der Waals surface area contributed by atoms with Crippen molar-refractivity contribution in [2.45, 2.75) is 49.7 Å². The zero-order chi connectivity index (χ0) is 19.2. The molecule has 2 heterocycles. The summed E-state index contributed by atoms with van der Waals surface area (Å²) in [4.78, 5) is 26.8. The number of fused-ring (bicyclic) bond motifs is 3. The fourth-order valence-electron chi connectivity index (χ4n) is 4.25. The van der Waals surface area contributed by atoms with Gasteiger partial charge in [-0.15, -0.1) is 10.2 Å². The summed E-state index contributed by atoms with van der Waals surface area (Å²) < 4.78 is 7.48. The van der Waals surface area contributed by atoms with E-state index in [0.29, 0.717) is 0 Å². The Morgan fingerprint density at radius 1 is 1.30 bits per heavy atom. The molecule has 2 amide bonds. The van der Waals surface area contributed by atoms with Gasteiger partial charge < -0.3 is 15.0 Å². The number of likely N-dealkylation sites (N-methyl/N-ethyl adjacent to an activating group) is 1. The van der Waals surface area contributed by atoms with Crippen LogP contribution in [0.5, 0.6) is 0 Å². The third-order valence-electron chi connectivity index (χ3n) is 5.70. The summed E-state index contributed by atoms with van der Waals surface area (Å²) in [5.41, 5.74) is -0.433. The number of hydrogen-bond acceptors (Lipinski definition) is 5. The van der Waals surface area contributed by atoms with Crippen LogP contribution in [-0.4, -0.2) is 64.3 Å². The predicted molar refractivity (Wildman–Crippen MR) is 98.9 cm³/mol. The number of rotatable bonds is 3. The third kappa shape index (κ3) is 2.79. The standard InChI is InChI=1S/C19H25N5O3/c1-23(2)18(26)19(27-3)10-9-13-14(11-19)24-15(12-7-5-4-6-8-12)21-22-16(24)17(25)20-13/h9-13H,4-8H2,1-3H3,(H,20,25). The highest BCUT2D eigenvalue weighted by atomic mass is 16.5. The largest absolute Gasteiger partial charge is 0.360 e. The Kier molecular flexibility index (Phi) is 4.38. The van der Waals surface area contributed by atoms with Gasteiger partial charge in [-0.05, 0) is 25.0 Å². The van der Waals surface area contributed by atoms with Crippen LogP contribution in [0, 0.1) is 0 Å². The monoisotopic (exact) mass is 371 g/mol. The van der Waals surface area contributed by atoms with Crippen molar-refractivity contribution >= 4 is 17.5 Å². The molecule has 4 rings (SSSR count). The lowest BCUT2D eigenvalue weighted by molar-refractivity contribution is -0.142. The van der Waals surface area contributed by atoms with Crippen LogP contribution in [0.25, 0.3) is 5.70 Å². The summed E-state index contributed by atoms with van der Waals surface area (Å²) in [6.07, 6.45) is 10.9. The number of amides is 2. The summed E-state index contributed by atoms with van der Waals surface area (Å²) >= 11 is 0. The van der Waals surface area contributed by atoms with E-state index >= 15 is 0 Å². The number of hydrogen-bond donors (Lipinski definition) is 1. The van der Waals surface area contributed by atoms with Crippen LogP contribution >= 0.6 is 0 Å². The molecule has 2 atom stereocenters. The maximum atomic E-state index is 12.8. The van der Waals surface area contributed by atoms with Crippen LogP contribution in [0.15, 0.2) is 18.2 Å². The second-order valence-corrected chi connectivity index (χ2v) is 7.63. The quantitative estimate of drug-likeness (QED) is 0.810. The third-order valence-corrected chi connectivity index (χ3v) is 5.70. The zero-order valence-corrected chi connectivity index (χ0v) is 15.9. The summed E-state index contributed by atoms with van der Waals surface area (Å²) in [6, 6.07) is -0.332. The van der Waals surface area contributed by atoms with Crippen molar-refractivity contribution in [2.24, 2.45) is 0 Å². The molecule has 1 N–H and O–H groups in total. The van der Waals surface area contributed by atoms with Gasteiger partial charge in [0.1, 0.15) is 5.82 Å². The average Bonchev–Trinajstić information content (AvgIpc) is 3.14. The molecule has 1 aromatic heterocycles. The molecule has 0 bridgehead atoms. The Balaban J connectivity index is 1.84. The summed E-state index contributed by atoms with van der Waals surface area (Å²) in [6.45, 7) is 0. The van der Waals surface area contributed by atoms with E-state index in [2.05, 4.69) is 15.5 Å². The number of methoxy groups -OCH3 is 1. The highest BCUT2D eigenvalue weighted by Crippen LogP contribution is 2.37. The fourth-order valence-corrected chi connectivity index (χ4v) is 4.25. The molecule has 144 valence electrons. The van der Waals surface area contributed by atoms with Gasteiger partial charge in [0, 0.05) is 27.1 Å². The van der Waals surface area contributed by atoms with Crippen molar-refractivity contribution in [3.63, 3.8) is 0 Å². The smallest absolute Gasteiger partial charge is 0.290 e. The van der Waals surface area contributed by atoms with E-state index < -0.39 is 5.60 Å². The molecule has 3 aliphatic rings. The Hall–Kier alpha value is -2.48. The number of nitrogens with zero attached hydrogens (tertiary/aromatic N) is 4. The molecular formula is C19H25N5O3. The average molecular weight is 371 g/mol. The first-order valence-corrected chi connectivity index (χ1v) is 9.42. The van der Waals surface area contributed by atoms with Crippen molar-refractivity contribution in [1.29, 1.82) is 0 Å². The minimum Gasteiger partial charge on any atom is -0.360 e. The topological polar surface area (TPSA) is 89.3 Å². The number of carbonyl (C=O) groups excluding carboxylic acids is 2. The van der Waals surface area contributed by atoms with E-state index in [4.69, 9.17) is 4.74 Å². The van der Waals surface area contributed by atoms with Gasteiger partial charge in [0.15, 0.2) is 5.60 Å². The Bertz CT molecular complexity index is 834. The highest BCUT2D eigenvalue weighted by Gasteiger charge is 2.43. The van der Waals surface area contributed by atoms with Crippen molar-refractivity contribution in [2.75, 3.05) is 21.2 Å². The molecule has 1 aromatic rings. The Morgan fingerprint density at radius 3 is 2.70 bits per heavy atom. The lowest BCUT2D eigenvalue weighted by atomic mass is 9.87. The summed E-state index contributed by atoms with van der Waals surface area (Å²) in [5.74, 6) is 0.932. The van der Waals surface area contributed by atoms with Gasteiger partial charge in [-0.25, -0.2) is 0 Å². The minimum absolute atomic E-state index is 0.182. The number of carbonyl (C=O) groups is 2. The minimum atomic E-state index is -1.21. The molecule has 0 radical (unpaired) electrons. The lowest BCUT2D eigenvalue weighted by Crippen LogP contribution is -2.51. The molecule has 1 fully saturated rings. The molecule has 2 aliphatic carbocycles. The molecule has 1 aliphatic heterocycles. The van der Waals surface area contributed by atoms with Gasteiger partial charge >= 0.3 is 0 Å². The second kappa shape index (κ2) is 6.60. The van der Waals surface area contributed by atoms with Gasteiger partial charge in [0.2, 0.25) is 5.82 Å². The van der Waals surface area contributed by atoms with Crippen molar-refractivity contribution in [3.8, 4) is 0 Å². The first-order chi connectivity index (χ1) is 13.0. The van der Waals surface area contributed by atoms with Crippen molar-refractivity contribution in [1.82, 2.24) is 25.0 Å². The van der Waals surface area contributed by atoms with Gasteiger partial charge in [-0.1, -0.05) is 25.3 Å². The van der Waals surface area contributed by atoms with Gasteiger partial charge in [0.05, 0.1) is 11.7 Å². The number of nitrogens with one attached hydrogen (secondary N) is 1. The van der Waals surface area contributed by atoms with Crippen molar-refractivity contribution < 1.29 is 14.3 Å². The number of aromatic nitrogens is 3. The van der Waals surface area contributed by atoms with Crippen LogP contribution in [0.1, 0.15) is 54.5 Å². The van der Waals surface area contributed by atoms with Crippen LogP contribution in [0.4, 0.5) is 0 Å². The SMILES string of the molecule is COC1(C(=O)N(C)C)C=CC2NC(=O)c3nnc(C4CCCCC4)n3C2=C1. The summed E-state index contributed by atoms with van der Waals surface area (Å²) in [7, 11) is 4.91. The van der Waals surface area contributed by atoms with Crippen molar-refractivity contribution in [3.05, 3.63) is 29.9 Å². The molecule has 1 saturated carbocycles. The maximum Gasteiger partial charge on any atom is 0.290 e. The van der Waals surface area contributed by atoms with E-state index in [9.17, 15) is 9.59 Å². The Morgan fingerprint density at radius 2 is 2.04 bits per heavy atom.